The van der Waals surface area contributed by atoms with Gasteiger partial charge in [0.15, 0.2) is 11.5 Å². The van der Waals surface area contributed by atoms with Crippen molar-refractivity contribution in [2.45, 2.75) is 37.3 Å². The van der Waals surface area contributed by atoms with Crippen LogP contribution in [-0.2, 0) is 0 Å². The van der Waals surface area contributed by atoms with Crippen LogP contribution in [0.25, 0.3) is 0 Å². The summed E-state index contributed by atoms with van der Waals surface area (Å²) in [6, 6.07) is 5.04. The van der Waals surface area contributed by atoms with Gasteiger partial charge in [-0.15, -0.1) is 0 Å². The summed E-state index contributed by atoms with van der Waals surface area (Å²) in [7, 11) is 1.57. The van der Waals surface area contributed by atoms with E-state index in [0.29, 0.717) is 17.1 Å². The van der Waals surface area contributed by atoms with Gasteiger partial charge in [0, 0.05) is 11.8 Å². The van der Waals surface area contributed by atoms with E-state index in [4.69, 9.17) is 32.7 Å². The van der Waals surface area contributed by atoms with Crippen LogP contribution in [0, 0.1) is 0 Å². The highest BCUT2D eigenvalue weighted by Gasteiger charge is 2.23. The van der Waals surface area contributed by atoms with Crippen LogP contribution in [-0.4, -0.2) is 34.9 Å². The van der Waals surface area contributed by atoms with Gasteiger partial charge in [-0.1, -0.05) is 11.6 Å². The number of carbonyl (C=O) groups is 1. The van der Waals surface area contributed by atoms with Crippen LogP contribution >= 0.6 is 23.2 Å². The average Bonchev–Trinajstić information content (AvgIpc) is 3.11. The van der Waals surface area contributed by atoms with Gasteiger partial charge in [0.05, 0.1) is 13.2 Å². The number of rotatable bonds is 5. The predicted molar refractivity (Wildman–Crippen MR) is 97.3 cm³/mol. The maximum atomic E-state index is 12.5. The van der Waals surface area contributed by atoms with E-state index in [1.807, 2.05) is 0 Å². The summed E-state index contributed by atoms with van der Waals surface area (Å²) in [6.45, 7) is 0. The molecule has 1 aromatic carbocycles. The second-order valence-electron chi connectivity index (χ2n) is 5.81. The molecule has 0 bridgehead atoms. The Morgan fingerprint density at radius 2 is 2.08 bits per heavy atom. The standard InChI is InChI=1S/C17H19Cl2N3O3/c1-24-13-7-6-11(10-14(13)25-12-4-2-3-5-12)16(23)21-22-15(18)8-9-20-17(22)19/h6-10,12,15H,2-5H2,1H3,(H,21,23). The zero-order valence-corrected chi connectivity index (χ0v) is 15.3. The zero-order valence-electron chi connectivity index (χ0n) is 13.7. The smallest absolute Gasteiger partial charge is 0.270 e. The number of methoxy groups -OCH3 is 1. The number of aliphatic imine (C=N–C) groups is 1. The lowest BCUT2D eigenvalue weighted by Crippen LogP contribution is -2.48. The number of hydrogen-bond acceptors (Lipinski definition) is 5. The third-order valence-electron chi connectivity index (χ3n) is 4.12. The Morgan fingerprint density at radius 1 is 1.32 bits per heavy atom. The van der Waals surface area contributed by atoms with Crippen LogP contribution < -0.4 is 14.9 Å². The molecule has 1 amide bonds. The van der Waals surface area contributed by atoms with Crippen molar-refractivity contribution < 1.29 is 14.3 Å². The van der Waals surface area contributed by atoms with Crippen molar-refractivity contribution in [3.8, 4) is 11.5 Å². The highest BCUT2D eigenvalue weighted by atomic mass is 35.5. The van der Waals surface area contributed by atoms with E-state index in [9.17, 15) is 4.79 Å². The normalized spacial score (nSPS) is 20.4. The Hall–Kier alpha value is -1.92. The maximum absolute atomic E-state index is 12.5. The van der Waals surface area contributed by atoms with Gasteiger partial charge in [-0.2, -0.15) is 0 Å². The van der Waals surface area contributed by atoms with Crippen LogP contribution in [0.1, 0.15) is 36.0 Å². The molecule has 1 aromatic rings. The molecule has 0 aromatic heterocycles. The summed E-state index contributed by atoms with van der Waals surface area (Å²) in [4.78, 5) is 16.5. The van der Waals surface area contributed by atoms with E-state index >= 15 is 0 Å². The van der Waals surface area contributed by atoms with Gasteiger partial charge in [-0.25, -0.2) is 10.0 Å². The number of hydrazine groups is 1. The van der Waals surface area contributed by atoms with Crippen LogP contribution in [0.3, 0.4) is 0 Å². The third-order valence-corrected chi connectivity index (χ3v) is 4.74. The van der Waals surface area contributed by atoms with Crippen molar-refractivity contribution in [1.29, 1.82) is 0 Å². The number of carbonyl (C=O) groups excluding carboxylic acids is 1. The largest absolute Gasteiger partial charge is 0.493 e. The first-order valence-corrected chi connectivity index (χ1v) is 8.89. The van der Waals surface area contributed by atoms with Gasteiger partial charge in [-0.05, 0) is 61.6 Å². The molecule has 0 saturated heterocycles. The number of benzene rings is 1. The Balaban J connectivity index is 1.75. The van der Waals surface area contributed by atoms with Gasteiger partial charge >= 0.3 is 0 Å². The lowest BCUT2D eigenvalue weighted by Gasteiger charge is -2.27. The number of amidine groups is 1. The molecule has 3 rings (SSSR count). The number of halogens is 2. The van der Waals surface area contributed by atoms with Crippen LogP contribution in [0.2, 0.25) is 0 Å². The van der Waals surface area contributed by atoms with Gasteiger partial charge in [0.25, 0.3) is 5.91 Å². The average molecular weight is 384 g/mol. The first kappa shape index (κ1) is 17.9. The molecule has 2 aliphatic rings. The molecule has 1 aliphatic heterocycles. The zero-order chi connectivity index (χ0) is 17.8. The Bertz CT molecular complexity index is 702. The highest BCUT2D eigenvalue weighted by molar-refractivity contribution is 6.65. The van der Waals surface area contributed by atoms with Crippen molar-refractivity contribution in [2.24, 2.45) is 4.99 Å². The molecule has 1 aliphatic carbocycles. The van der Waals surface area contributed by atoms with E-state index in [0.717, 1.165) is 25.7 Å². The van der Waals surface area contributed by atoms with Gasteiger partial charge in [0.1, 0.15) is 5.50 Å². The van der Waals surface area contributed by atoms with Crippen molar-refractivity contribution in [3.05, 3.63) is 36.0 Å². The highest BCUT2D eigenvalue weighted by Crippen LogP contribution is 2.32. The molecule has 134 valence electrons. The molecule has 1 unspecified atom stereocenters. The molecule has 1 fully saturated rings. The van der Waals surface area contributed by atoms with Crippen molar-refractivity contribution >= 4 is 34.4 Å². The minimum Gasteiger partial charge on any atom is -0.493 e. The number of nitrogens with one attached hydrogen (secondary N) is 1. The van der Waals surface area contributed by atoms with Crippen LogP contribution in [0.5, 0.6) is 11.5 Å². The minimum atomic E-state index is -0.610. The number of ether oxygens (including phenoxy) is 2. The third kappa shape index (κ3) is 4.19. The lowest BCUT2D eigenvalue weighted by molar-refractivity contribution is 0.0870. The Morgan fingerprint density at radius 3 is 2.76 bits per heavy atom. The molecule has 8 heteroatoms. The number of nitrogens with zero attached hydrogens (tertiary/aromatic N) is 2. The quantitative estimate of drug-likeness (QED) is 0.622. The number of alkyl halides is 1. The molecule has 1 atom stereocenters. The lowest BCUT2D eigenvalue weighted by atomic mass is 10.2. The SMILES string of the molecule is COc1ccc(C(=O)NN2C(Cl)=NC=CC2Cl)cc1OC1CCCC1. The first-order chi connectivity index (χ1) is 12.1. The van der Waals surface area contributed by atoms with E-state index in [2.05, 4.69) is 10.4 Å². The summed E-state index contributed by atoms with van der Waals surface area (Å²) in [5.41, 5.74) is 2.45. The van der Waals surface area contributed by atoms with Crippen molar-refractivity contribution in [1.82, 2.24) is 10.4 Å². The predicted octanol–water partition coefficient (Wildman–Crippen LogP) is 3.65. The van der Waals surface area contributed by atoms with Crippen LogP contribution in [0.4, 0.5) is 0 Å². The van der Waals surface area contributed by atoms with Crippen molar-refractivity contribution in [3.63, 3.8) is 0 Å². The topological polar surface area (TPSA) is 63.2 Å². The fourth-order valence-electron chi connectivity index (χ4n) is 2.80. The second kappa shape index (κ2) is 7.97. The molecule has 25 heavy (non-hydrogen) atoms. The fraction of sp³-hybridized carbons (Fsp3) is 0.412. The van der Waals surface area contributed by atoms with Gasteiger partial charge in [-0.3, -0.25) is 10.2 Å². The van der Waals surface area contributed by atoms with E-state index in [1.165, 1.54) is 11.2 Å². The second-order valence-corrected chi connectivity index (χ2v) is 6.60. The summed E-state index contributed by atoms with van der Waals surface area (Å²) < 4.78 is 11.4. The van der Waals surface area contributed by atoms with E-state index < -0.39 is 5.50 Å². The molecule has 0 radical (unpaired) electrons. The summed E-state index contributed by atoms with van der Waals surface area (Å²) in [5, 5.41) is 1.37. The van der Waals surface area contributed by atoms with Gasteiger partial charge < -0.3 is 9.47 Å². The summed E-state index contributed by atoms with van der Waals surface area (Å²) >= 11 is 12.1. The fourth-order valence-corrected chi connectivity index (χ4v) is 3.26. The molecule has 1 saturated carbocycles. The summed E-state index contributed by atoms with van der Waals surface area (Å²) in [6.07, 6.45) is 7.60. The van der Waals surface area contributed by atoms with Gasteiger partial charge in [0.2, 0.25) is 5.29 Å². The van der Waals surface area contributed by atoms with E-state index in [1.54, 1.807) is 31.4 Å². The minimum absolute atomic E-state index is 0.0896. The maximum Gasteiger partial charge on any atom is 0.270 e. The van der Waals surface area contributed by atoms with Crippen molar-refractivity contribution in [2.75, 3.05) is 7.11 Å². The monoisotopic (exact) mass is 383 g/mol. The molecule has 1 N–H and O–H groups in total. The number of amides is 1. The molecule has 6 nitrogen and oxygen atoms in total. The molecular weight excluding hydrogens is 365 g/mol. The summed E-state index contributed by atoms with van der Waals surface area (Å²) in [5.74, 6) is 0.787. The van der Waals surface area contributed by atoms with E-state index in [-0.39, 0.29) is 17.3 Å². The Labute approximate surface area is 156 Å². The molecule has 1 heterocycles. The first-order valence-electron chi connectivity index (χ1n) is 8.07. The molecular formula is C17H19Cl2N3O3. The number of hydrogen-bond donors (Lipinski definition) is 1. The molecule has 0 spiro atoms. The Kier molecular flexibility index (Phi) is 5.71. The van der Waals surface area contributed by atoms with Crippen LogP contribution in [0.15, 0.2) is 35.5 Å².